The molecule has 0 saturated heterocycles. The minimum Gasteiger partial charge on any atom is -0.386 e. The van der Waals surface area contributed by atoms with Gasteiger partial charge in [0.25, 0.3) is 0 Å². The van der Waals surface area contributed by atoms with E-state index in [-0.39, 0.29) is 29.5 Å². The van der Waals surface area contributed by atoms with E-state index in [4.69, 9.17) is 5.73 Å². The molecule has 0 aromatic heterocycles. The van der Waals surface area contributed by atoms with Crippen molar-refractivity contribution in [2.45, 2.75) is 43.9 Å². The van der Waals surface area contributed by atoms with Gasteiger partial charge in [-0.25, -0.2) is 12.8 Å². The second-order valence-corrected chi connectivity index (χ2v) is 10.7. The Labute approximate surface area is 165 Å². The van der Waals surface area contributed by atoms with Crippen molar-refractivity contribution in [3.63, 3.8) is 0 Å². The standard InChI is InChI=1S/C20H26FN3O3S/c1-19(2)18(22)23-20(3,13-28(19,26)27)15-11-14(7-8-16(15)21)12-17(25)24-9-5-4-6-10-24/h4-5,7-8,11H,6,9-10,12-13H2,1-3H3,(H2,22,23)/t20-/m0/s1. The van der Waals surface area contributed by atoms with E-state index in [1.165, 1.54) is 26.0 Å². The van der Waals surface area contributed by atoms with Gasteiger partial charge in [-0.05, 0) is 44.9 Å². The number of aliphatic imine (C=N–C) groups is 1. The maximum absolute atomic E-state index is 14.7. The second-order valence-electron chi connectivity index (χ2n) is 8.13. The van der Waals surface area contributed by atoms with Gasteiger partial charge in [0.05, 0.1) is 12.2 Å². The van der Waals surface area contributed by atoms with E-state index in [9.17, 15) is 17.6 Å². The van der Waals surface area contributed by atoms with E-state index in [0.29, 0.717) is 18.7 Å². The van der Waals surface area contributed by atoms with Gasteiger partial charge in [-0.3, -0.25) is 9.79 Å². The number of nitrogens with zero attached hydrogens (tertiary/aromatic N) is 2. The molecule has 28 heavy (non-hydrogen) atoms. The van der Waals surface area contributed by atoms with Gasteiger partial charge in [0.2, 0.25) is 5.91 Å². The summed E-state index contributed by atoms with van der Waals surface area (Å²) in [6.45, 7) is 5.79. The van der Waals surface area contributed by atoms with E-state index < -0.39 is 25.9 Å². The van der Waals surface area contributed by atoms with Gasteiger partial charge >= 0.3 is 0 Å². The zero-order chi connectivity index (χ0) is 20.7. The molecule has 0 radical (unpaired) electrons. The highest BCUT2D eigenvalue weighted by molar-refractivity contribution is 7.93. The van der Waals surface area contributed by atoms with Crippen molar-refractivity contribution >= 4 is 21.6 Å². The first-order chi connectivity index (χ1) is 13.0. The molecule has 8 heteroatoms. The highest BCUT2D eigenvalue weighted by Crippen LogP contribution is 2.38. The number of amidine groups is 1. The fourth-order valence-electron chi connectivity index (χ4n) is 3.53. The molecule has 2 aliphatic rings. The van der Waals surface area contributed by atoms with Crippen LogP contribution < -0.4 is 5.73 Å². The summed E-state index contributed by atoms with van der Waals surface area (Å²) >= 11 is 0. The van der Waals surface area contributed by atoms with Gasteiger partial charge < -0.3 is 10.6 Å². The summed E-state index contributed by atoms with van der Waals surface area (Å²) in [6, 6.07) is 4.35. The highest BCUT2D eigenvalue weighted by Gasteiger charge is 2.49. The lowest BCUT2D eigenvalue weighted by atomic mass is 9.91. The van der Waals surface area contributed by atoms with Crippen molar-refractivity contribution in [1.82, 2.24) is 4.90 Å². The van der Waals surface area contributed by atoms with E-state index in [0.717, 1.165) is 6.42 Å². The largest absolute Gasteiger partial charge is 0.386 e. The molecular weight excluding hydrogens is 381 g/mol. The van der Waals surface area contributed by atoms with Gasteiger partial charge in [0.1, 0.15) is 21.9 Å². The number of carbonyl (C=O) groups is 1. The van der Waals surface area contributed by atoms with Crippen molar-refractivity contribution in [3.8, 4) is 0 Å². The molecule has 1 atom stereocenters. The monoisotopic (exact) mass is 407 g/mol. The fourth-order valence-corrected chi connectivity index (χ4v) is 5.22. The van der Waals surface area contributed by atoms with Gasteiger partial charge in [-0.2, -0.15) is 0 Å². The third-order valence-corrected chi connectivity index (χ3v) is 8.32. The average molecular weight is 408 g/mol. The van der Waals surface area contributed by atoms with Crippen molar-refractivity contribution in [2.75, 3.05) is 18.8 Å². The molecule has 2 N–H and O–H groups in total. The zero-order valence-electron chi connectivity index (χ0n) is 16.4. The molecular formula is C20H26FN3O3S. The van der Waals surface area contributed by atoms with Gasteiger partial charge in [-0.15, -0.1) is 0 Å². The Balaban J connectivity index is 1.94. The lowest BCUT2D eigenvalue weighted by Gasteiger charge is -2.38. The van der Waals surface area contributed by atoms with E-state index in [2.05, 4.69) is 4.99 Å². The maximum Gasteiger partial charge on any atom is 0.227 e. The Morgan fingerprint density at radius 1 is 1.29 bits per heavy atom. The second kappa shape index (κ2) is 6.99. The first-order valence-corrected chi connectivity index (χ1v) is 10.9. The number of nitrogens with two attached hydrogens (primary N) is 1. The number of hydrogen-bond acceptors (Lipinski definition) is 5. The molecule has 0 unspecified atom stereocenters. The molecule has 0 aliphatic carbocycles. The lowest BCUT2D eigenvalue weighted by molar-refractivity contribution is -0.130. The predicted molar refractivity (Wildman–Crippen MR) is 107 cm³/mol. The molecule has 1 aromatic rings. The Bertz CT molecular complexity index is 969. The molecule has 0 spiro atoms. The molecule has 0 fully saturated rings. The summed E-state index contributed by atoms with van der Waals surface area (Å²) in [4.78, 5) is 18.6. The molecule has 6 nitrogen and oxygen atoms in total. The summed E-state index contributed by atoms with van der Waals surface area (Å²) in [5.74, 6) is -1.00. The molecule has 2 heterocycles. The topological polar surface area (TPSA) is 92.8 Å². The van der Waals surface area contributed by atoms with Gasteiger partial charge in [0, 0.05) is 18.7 Å². The van der Waals surface area contributed by atoms with Gasteiger partial charge in [-0.1, -0.05) is 18.2 Å². The van der Waals surface area contributed by atoms with Crippen molar-refractivity contribution in [3.05, 3.63) is 47.3 Å². The third-order valence-electron chi connectivity index (χ3n) is 5.61. The van der Waals surface area contributed by atoms with E-state index in [1.54, 1.807) is 17.9 Å². The molecule has 1 amide bonds. The minimum atomic E-state index is -3.64. The van der Waals surface area contributed by atoms with Crippen LogP contribution in [0.25, 0.3) is 0 Å². The zero-order valence-corrected chi connectivity index (χ0v) is 17.2. The van der Waals surface area contributed by atoms with Crippen LogP contribution in [0.5, 0.6) is 0 Å². The predicted octanol–water partition coefficient (Wildman–Crippen LogP) is 1.94. The van der Waals surface area contributed by atoms with Crippen LogP contribution in [-0.4, -0.2) is 48.6 Å². The summed E-state index contributed by atoms with van der Waals surface area (Å²) in [5, 5.41) is 0. The number of hydrogen-bond donors (Lipinski definition) is 1. The molecule has 0 saturated carbocycles. The van der Waals surface area contributed by atoms with Crippen LogP contribution in [-0.2, 0) is 26.6 Å². The van der Waals surface area contributed by atoms with Crippen molar-refractivity contribution < 1.29 is 17.6 Å². The molecule has 0 bridgehead atoms. The first-order valence-electron chi connectivity index (χ1n) is 9.26. The number of sulfone groups is 1. The lowest BCUT2D eigenvalue weighted by Crippen LogP contribution is -2.55. The van der Waals surface area contributed by atoms with Crippen LogP contribution >= 0.6 is 0 Å². The Morgan fingerprint density at radius 3 is 2.61 bits per heavy atom. The average Bonchev–Trinajstić information content (AvgIpc) is 2.62. The highest BCUT2D eigenvalue weighted by atomic mass is 32.2. The number of halogens is 1. The van der Waals surface area contributed by atoms with Crippen molar-refractivity contribution in [1.29, 1.82) is 0 Å². The van der Waals surface area contributed by atoms with Crippen LogP contribution in [0.1, 0.15) is 38.3 Å². The third kappa shape index (κ3) is 3.57. The quantitative estimate of drug-likeness (QED) is 0.775. The molecule has 152 valence electrons. The normalized spacial score (nSPS) is 26.0. The fraction of sp³-hybridized carbons (Fsp3) is 0.500. The number of benzene rings is 1. The van der Waals surface area contributed by atoms with E-state index >= 15 is 0 Å². The van der Waals surface area contributed by atoms with Crippen LogP contribution in [0.4, 0.5) is 4.39 Å². The first kappa shape index (κ1) is 20.5. The molecule has 3 rings (SSSR count). The van der Waals surface area contributed by atoms with E-state index in [1.807, 2.05) is 12.2 Å². The Morgan fingerprint density at radius 2 is 2.00 bits per heavy atom. The molecule has 1 aromatic carbocycles. The number of rotatable bonds is 3. The smallest absolute Gasteiger partial charge is 0.227 e. The van der Waals surface area contributed by atoms with Crippen LogP contribution in [0, 0.1) is 5.82 Å². The van der Waals surface area contributed by atoms with Crippen LogP contribution in [0.15, 0.2) is 35.3 Å². The Hall–Kier alpha value is -2.22. The minimum absolute atomic E-state index is 0.0396. The summed E-state index contributed by atoms with van der Waals surface area (Å²) in [7, 11) is -3.64. The van der Waals surface area contributed by atoms with Crippen LogP contribution in [0.2, 0.25) is 0 Å². The summed E-state index contributed by atoms with van der Waals surface area (Å²) in [6.07, 6.45) is 4.92. The summed E-state index contributed by atoms with van der Waals surface area (Å²) < 4.78 is 38.8. The number of carbonyl (C=O) groups excluding carboxylic acids is 1. The SMILES string of the molecule is CC1(C)C(N)=N[C@](C)(c2cc(CC(=O)N3CC=CCC3)ccc2F)CS1(=O)=O. The summed E-state index contributed by atoms with van der Waals surface area (Å²) in [5.41, 5.74) is 5.37. The van der Waals surface area contributed by atoms with Crippen molar-refractivity contribution in [2.24, 2.45) is 10.7 Å². The van der Waals surface area contributed by atoms with Gasteiger partial charge in [0.15, 0.2) is 9.84 Å². The molecule has 2 aliphatic heterocycles. The maximum atomic E-state index is 14.7. The van der Waals surface area contributed by atoms with Crippen LogP contribution in [0.3, 0.4) is 0 Å². The number of amides is 1. The Kier molecular flexibility index (Phi) is 5.12.